The van der Waals surface area contributed by atoms with E-state index in [0.29, 0.717) is 6.04 Å². The van der Waals surface area contributed by atoms with Crippen molar-refractivity contribution in [1.82, 2.24) is 15.0 Å². The second-order valence-electron chi connectivity index (χ2n) is 5.19. The van der Waals surface area contributed by atoms with Crippen LogP contribution in [-0.4, -0.2) is 20.9 Å². The van der Waals surface area contributed by atoms with Crippen molar-refractivity contribution >= 4 is 5.91 Å². The van der Waals surface area contributed by atoms with Crippen LogP contribution in [0.2, 0.25) is 0 Å². The first-order chi connectivity index (χ1) is 8.65. The van der Waals surface area contributed by atoms with Crippen molar-refractivity contribution in [3.63, 3.8) is 0 Å². The minimum Gasteiger partial charge on any atom is -0.369 e. The van der Waals surface area contributed by atoms with Crippen LogP contribution in [-0.2, 0) is 17.6 Å². The maximum atomic E-state index is 11.1. The summed E-state index contributed by atoms with van der Waals surface area (Å²) in [6, 6.07) is 0.382. The van der Waals surface area contributed by atoms with Crippen LogP contribution >= 0.6 is 0 Å². The van der Waals surface area contributed by atoms with Crippen LogP contribution in [0.3, 0.4) is 0 Å². The van der Waals surface area contributed by atoms with Crippen LogP contribution < -0.4 is 5.73 Å². The lowest BCUT2D eigenvalue weighted by Gasteiger charge is -2.16. The van der Waals surface area contributed by atoms with Gasteiger partial charge in [-0.2, -0.15) is 0 Å². The highest BCUT2D eigenvalue weighted by Gasteiger charge is 2.27. The van der Waals surface area contributed by atoms with Gasteiger partial charge >= 0.3 is 0 Å². The molecule has 1 fully saturated rings. The van der Waals surface area contributed by atoms with Crippen LogP contribution in [0.5, 0.6) is 0 Å². The van der Waals surface area contributed by atoms with Crippen LogP contribution in [0.4, 0.5) is 0 Å². The molecule has 0 radical (unpaired) electrons. The van der Waals surface area contributed by atoms with E-state index in [0.717, 1.165) is 36.6 Å². The number of aromatic nitrogens is 3. The molecular formula is C13H22N4O. The number of carbonyl (C=O) groups is 1. The van der Waals surface area contributed by atoms with E-state index in [1.54, 1.807) is 0 Å². The number of hydrogen-bond donors (Lipinski definition) is 1. The lowest BCUT2D eigenvalue weighted by molar-refractivity contribution is -0.117. The van der Waals surface area contributed by atoms with Gasteiger partial charge in [-0.05, 0) is 38.0 Å². The minimum absolute atomic E-state index is 0.211. The Balaban J connectivity index is 2.26. The summed E-state index contributed by atoms with van der Waals surface area (Å²) in [4.78, 5) is 11.1. The monoisotopic (exact) mass is 250 g/mol. The third kappa shape index (κ3) is 2.89. The Hall–Kier alpha value is -1.39. The standard InChI is InChI=1S/C13H22N4O/c1-3-10(4-2)17-12(7-9-5-6-9)11(15-16-17)8-13(14)18/h9-10H,3-8H2,1-2H3,(H2,14,18). The molecule has 0 aliphatic heterocycles. The molecule has 2 N–H and O–H groups in total. The number of amides is 1. The third-order valence-corrected chi connectivity index (χ3v) is 3.68. The molecule has 1 amide bonds. The summed E-state index contributed by atoms with van der Waals surface area (Å²) in [5.74, 6) is 0.423. The Morgan fingerprint density at radius 1 is 1.44 bits per heavy atom. The average molecular weight is 250 g/mol. The van der Waals surface area contributed by atoms with Crippen molar-refractivity contribution in [2.45, 2.75) is 58.4 Å². The molecule has 1 saturated carbocycles. The summed E-state index contributed by atoms with van der Waals surface area (Å²) < 4.78 is 2.02. The molecule has 0 saturated heterocycles. The van der Waals surface area contributed by atoms with Crippen molar-refractivity contribution < 1.29 is 4.79 Å². The number of hydrogen-bond acceptors (Lipinski definition) is 3. The van der Waals surface area contributed by atoms with E-state index in [2.05, 4.69) is 24.2 Å². The van der Waals surface area contributed by atoms with Crippen molar-refractivity contribution in [2.75, 3.05) is 0 Å². The smallest absolute Gasteiger partial charge is 0.223 e. The van der Waals surface area contributed by atoms with Gasteiger partial charge in [0.05, 0.1) is 23.9 Å². The highest BCUT2D eigenvalue weighted by Crippen LogP contribution is 2.34. The molecule has 2 rings (SSSR count). The largest absolute Gasteiger partial charge is 0.369 e. The van der Waals surface area contributed by atoms with Crippen LogP contribution in [0.15, 0.2) is 0 Å². The van der Waals surface area contributed by atoms with E-state index >= 15 is 0 Å². The summed E-state index contributed by atoms with van der Waals surface area (Å²) in [5, 5.41) is 8.42. The summed E-state index contributed by atoms with van der Waals surface area (Å²) in [5.41, 5.74) is 7.18. The normalized spacial score (nSPS) is 15.3. The number of rotatable bonds is 7. The number of nitrogens with zero attached hydrogens (tertiary/aromatic N) is 3. The van der Waals surface area contributed by atoms with E-state index < -0.39 is 0 Å². The van der Waals surface area contributed by atoms with Gasteiger partial charge in [0.1, 0.15) is 0 Å². The second kappa shape index (κ2) is 5.50. The van der Waals surface area contributed by atoms with Gasteiger partial charge in [-0.15, -0.1) is 5.10 Å². The first-order valence-corrected chi connectivity index (χ1v) is 6.86. The van der Waals surface area contributed by atoms with Crippen LogP contribution in [0.25, 0.3) is 0 Å². The molecule has 1 heterocycles. The number of nitrogens with two attached hydrogens (primary N) is 1. The minimum atomic E-state index is -0.330. The Morgan fingerprint density at radius 2 is 2.11 bits per heavy atom. The molecule has 0 aromatic carbocycles. The highest BCUT2D eigenvalue weighted by molar-refractivity contribution is 5.76. The molecule has 1 aromatic heterocycles. The zero-order valence-electron chi connectivity index (χ0n) is 11.2. The first-order valence-electron chi connectivity index (χ1n) is 6.86. The fourth-order valence-electron chi connectivity index (χ4n) is 2.38. The van der Waals surface area contributed by atoms with Crippen molar-refractivity contribution in [2.24, 2.45) is 11.7 Å². The Kier molecular flexibility index (Phi) is 3.99. The van der Waals surface area contributed by atoms with E-state index in [-0.39, 0.29) is 12.3 Å². The third-order valence-electron chi connectivity index (χ3n) is 3.68. The SMILES string of the molecule is CCC(CC)n1nnc(CC(N)=O)c1CC1CC1. The molecule has 0 spiro atoms. The summed E-state index contributed by atoms with van der Waals surface area (Å²) in [6.07, 6.45) is 5.84. The lowest BCUT2D eigenvalue weighted by atomic mass is 10.1. The van der Waals surface area contributed by atoms with Gasteiger partial charge in [0.25, 0.3) is 0 Å². The van der Waals surface area contributed by atoms with Gasteiger partial charge in [0.15, 0.2) is 0 Å². The van der Waals surface area contributed by atoms with Gasteiger partial charge in [0, 0.05) is 0 Å². The molecule has 1 aromatic rings. The highest BCUT2D eigenvalue weighted by atomic mass is 16.1. The Labute approximate surface area is 108 Å². The van der Waals surface area contributed by atoms with Crippen molar-refractivity contribution in [1.29, 1.82) is 0 Å². The molecule has 0 unspecified atom stereocenters. The summed E-state index contributed by atoms with van der Waals surface area (Å²) >= 11 is 0. The van der Waals surface area contributed by atoms with E-state index in [4.69, 9.17) is 5.73 Å². The fraction of sp³-hybridized carbons (Fsp3) is 0.769. The number of carbonyl (C=O) groups excluding carboxylic acids is 1. The molecule has 18 heavy (non-hydrogen) atoms. The second-order valence-corrected chi connectivity index (χ2v) is 5.19. The van der Waals surface area contributed by atoms with E-state index in [1.165, 1.54) is 12.8 Å². The van der Waals surface area contributed by atoms with Gasteiger partial charge in [0.2, 0.25) is 5.91 Å². The maximum absolute atomic E-state index is 11.1. The van der Waals surface area contributed by atoms with E-state index in [9.17, 15) is 4.79 Å². The van der Waals surface area contributed by atoms with Gasteiger partial charge in [-0.25, -0.2) is 4.68 Å². The molecule has 1 aliphatic rings. The quantitative estimate of drug-likeness (QED) is 0.799. The van der Waals surface area contributed by atoms with Crippen molar-refractivity contribution in [3.05, 3.63) is 11.4 Å². The zero-order chi connectivity index (χ0) is 13.1. The van der Waals surface area contributed by atoms with Crippen LogP contribution in [0, 0.1) is 5.92 Å². The van der Waals surface area contributed by atoms with Crippen molar-refractivity contribution in [3.8, 4) is 0 Å². The molecule has 5 nitrogen and oxygen atoms in total. The average Bonchev–Trinajstić information content (AvgIpc) is 3.07. The summed E-state index contributed by atoms with van der Waals surface area (Å²) in [6.45, 7) is 4.31. The molecule has 100 valence electrons. The van der Waals surface area contributed by atoms with E-state index in [1.807, 2.05) is 4.68 Å². The first kappa shape index (κ1) is 13.1. The van der Waals surface area contributed by atoms with Gasteiger partial charge < -0.3 is 5.73 Å². The van der Waals surface area contributed by atoms with Gasteiger partial charge in [-0.1, -0.05) is 19.1 Å². The molecule has 1 aliphatic carbocycles. The predicted molar refractivity (Wildman–Crippen MR) is 69.0 cm³/mol. The van der Waals surface area contributed by atoms with Crippen LogP contribution in [0.1, 0.15) is 57.0 Å². The topological polar surface area (TPSA) is 73.8 Å². The molecule has 5 heteroatoms. The Bertz CT molecular complexity index is 419. The maximum Gasteiger partial charge on any atom is 0.223 e. The van der Waals surface area contributed by atoms with Gasteiger partial charge in [-0.3, -0.25) is 4.79 Å². The summed E-state index contributed by atoms with van der Waals surface area (Å²) in [7, 11) is 0. The molecule has 0 bridgehead atoms. The molecular weight excluding hydrogens is 228 g/mol. The fourth-order valence-corrected chi connectivity index (χ4v) is 2.38. The molecule has 0 atom stereocenters. The zero-order valence-corrected chi connectivity index (χ0v) is 11.2. The lowest BCUT2D eigenvalue weighted by Crippen LogP contribution is -2.17. The Morgan fingerprint density at radius 3 is 2.61 bits per heavy atom. The number of primary amides is 1. The predicted octanol–water partition coefficient (Wildman–Crippen LogP) is 1.62.